The molecule has 200 valence electrons. The van der Waals surface area contributed by atoms with Gasteiger partial charge in [0.2, 0.25) is 0 Å². The number of esters is 2. The van der Waals surface area contributed by atoms with Gasteiger partial charge < -0.3 is 18.9 Å². The highest BCUT2D eigenvalue weighted by Gasteiger charge is 2.16. The third kappa shape index (κ3) is 10.9. The Labute approximate surface area is 215 Å². The normalized spacial score (nSPS) is 10.5. The number of hydrogen-bond donors (Lipinski definition) is 2. The molecule has 0 radical (unpaired) electrons. The van der Waals surface area contributed by atoms with Gasteiger partial charge in [0.05, 0.1) is 0 Å². The summed E-state index contributed by atoms with van der Waals surface area (Å²) in [4.78, 5) is 22.7. The second kappa shape index (κ2) is 14.1. The van der Waals surface area contributed by atoms with Crippen LogP contribution in [0, 0.1) is 45.3 Å². The largest absolute Gasteiger partial charge is 0.489 e. The Morgan fingerprint density at radius 2 is 0.974 bits per heavy atom. The maximum absolute atomic E-state index is 11.4. The summed E-state index contributed by atoms with van der Waals surface area (Å²) in [5, 5.41) is 36.8. The van der Waals surface area contributed by atoms with Crippen LogP contribution in [0.15, 0.2) is 12.1 Å². The van der Waals surface area contributed by atoms with E-state index in [1.54, 1.807) is 24.3 Å². The first kappa shape index (κ1) is 31.3. The minimum Gasteiger partial charge on any atom is -0.489 e. The summed E-state index contributed by atoms with van der Waals surface area (Å²) in [6.07, 6.45) is 0. The third-order valence-electron chi connectivity index (χ3n) is 3.88. The number of ether oxygens (including phenoxy) is 4. The van der Waals surface area contributed by atoms with Gasteiger partial charge in [-0.05, 0) is 12.1 Å². The van der Waals surface area contributed by atoms with Crippen molar-refractivity contribution in [2.24, 2.45) is 0 Å². The molecule has 0 unspecified atom stereocenters. The smallest absolute Gasteiger partial charge is 0.323 e. The fourth-order valence-electron chi connectivity index (χ4n) is 2.48. The van der Waals surface area contributed by atoms with Gasteiger partial charge in [-0.1, -0.05) is 0 Å². The van der Waals surface area contributed by atoms with Crippen LogP contribution in [-0.4, -0.2) is 75.8 Å². The monoisotopic (exact) mass is 568 g/mol. The third-order valence-corrected chi connectivity index (χ3v) is 5.08. The summed E-state index contributed by atoms with van der Waals surface area (Å²) in [6, 6.07) is 8.54. The lowest BCUT2D eigenvalue weighted by Gasteiger charge is -2.12. The Morgan fingerprint density at radius 1 is 0.658 bits per heavy atom. The summed E-state index contributed by atoms with van der Waals surface area (Å²) >= 11 is 0. The van der Waals surface area contributed by atoms with E-state index in [0.717, 1.165) is 12.1 Å². The van der Waals surface area contributed by atoms with Crippen LogP contribution in [0.4, 0.5) is 0 Å². The van der Waals surface area contributed by atoms with Crippen molar-refractivity contribution in [3.63, 3.8) is 0 Å². The SMILES string of the molecule is N#CC(C#N)=c1cc(OCCOC(=O)CS(=O)(=O)O)c(=C(C#N)C#N)cc1OCCOC(=O)CS(=O)(=O)O. The first-order chi connectivity index (χ1) is 17.7. The molecule has 0 heterocycles. The Balaban J connectivity index is 3.30. The van der Waals surface area contributed by atoms with Crippen LogP contribution in [-0.2, 0) is 39.3 Å². The average molecular weight is 568 g/mol. The summed E-state index contributed by atoms with van der Waals surface area (Å²) in [7, 11) is -9.24. The van der Waals surface area contributed by atoms with Gasteiger partial charge in [0.25, 0.3) is 20.2 Å². The summed E-state index contributed by atoms with van der Waals surface area (Å²) < 4.78 is 80.0. The molecule has 0 aliphatic carbocycles. The predicted molar refractivity (Wildman–Crippen MR) is 121 cm³/mol. The molecule has 38 heavy (non-hydrogen) atoms. The quantitative estimate of drug-likeness (QED) is 0.152. The van der Waals surface area contributed by atoms with Crippen molar-refractivity contribution in [1.29, 1.82) is 21.0 Å². The fourth-order valence-corrected chi connectivity index (χ4v) is 3.24. The molecule has 0 spiro atoms. The van der Waals surface area contributed by atoms with E-state index in [2.05, 4.69) is 9.47 Å². The van der Waals surface area contributed by atoms with Crippen molar-refractivity contribution in [3.05, 3.63) is 22.6 Å². The second-order valence-corrected chi connectivity index (χ2v) is 9.54. The molecule has 0 saturated heterocycles. The first-order valence-electron chi connectivity index (χ1n) is 9.74. The van der Waals surface area contributed by atoms with Crippen molar-refractivity contribution in [2.75, 3.05) is 37.9 Å². The highest BCUT2D eigenvalue weighted by atomic mass is 32.2. The number of carbonyl (C=O) groups excluding carboxylic acids is 2. The van der Waals surface area contributed by atoms with Crippen molar-refractivity contribution in [2.45, 2.75) is 0 Å². The molecule has 1 aromatic carbocycles. The molecule has 0 aromatic heterocycles. The molecule has 0 amide bonds. The van der Waals surface area contributed by atoms with E-state index in [1.807, 2.05) is 0 Å². The van der Waals surface area contributed by atoms with Crippen molar-refractivity contribution >= 4 is 43.3 Å². The van der Waals surface area contributed by atoms with Gasteiger partial charge >= 0.3 is 11.9 Å². The van der Waals surface area contributed by atoms with E-state index in [9.17, 15) is 47.5 Å². The molecule has 0 aliphatic heterocycles. The van der Waals surface area contributed by atoms with Gasteiger partial charge in [-0.2, -0.15) is 37.9 Å². The van der Waals surface area contributed by atoms with Gasteiger partial charge in [0, 0.05) is 10.4 Å². The number of carbonyl (C=O) groups is 2. The van der Waals surface area contributed by atoms with E-state index in [1.165, 1.54) is 0 Å². The number of nitrogens with zero attached hydrogens (tertiary/aromatic N) is 4. The van der Waals surface area contributed by atoms with Crippen LogP contribution < -0.4 is 19.9 Å². The van der Waals surface area contributed by atoms with Gasteiger partial charge in [-0.15, -0.1) is 0 Å². The van der Waals surface area contributed by atoms with Crippen LogP contribution in [0.3, 0.4) is 0 Å². The molecule has 0 bridgehead atoms. The second-order valence-electron chi connectivity index (χ2n) is 6.63. The fraction of sp³-hybridized carbons (Fsp3) is 0.300. The molecule has 0 fully saturated rings. The predicted octanol–water partition coefficient (Wildman–Crippen LogP) is -2.30. The molecule has 1 rings (SSSR count). The zero-order valence-corrected chi connectivity index (χ0v) is 20.6. The van der Waals surface area contributed by atoms with E-state index in [0.29, 0.717) is 0 Å². The molecule has 0 saturated carbocycles. The van der Waals surface area contributed by atoms with Crippen LogP contribution in [0.5, 0.6) is 11.5 Å². The first-order valence-corrected chi connectivity index (χ1v) is 13.0. The van der Waals surface area contributed by atoms with Crippen molar-refractivity contribution in [3.8, 4) is 35.8 Å². The number of rotatable bonds is 12. The summed E-state index contributed by atoms with van der Waals surface area (Å²) in [5.74, 6) is -5.66. The Bertz CT molecular complexity index is 1450. The minimum atomic E-state index is -4.62. The zero-order chi connectivity index (χ0) is 28.9. The molecule has 0 atom stereocenters. The Morgan fingerprint density at radius 3 is 1.24 bits per heavy atom. The van der Waals surface area contributed by atoms with Gasteiger partial charge in [-0.25, -0.2) is 0 Å². The summed E-state index contributed by atoms with van der Waals surface area (Å²) in [6.45, 7) is -1.96. The van der Waals surface area contributed by atoms with Crippen molar-refractivity contribution in [1.82, 2.24) is 0 Å². The maximum Gasteiger partial charge on any atom is 0.323 e. The molecular weight excluding hydrogens is 552 g/mol. The van der Waals surface area contributed by atoms with Crippen LogP contribution in [0.25, 0.3) is 11.1 Å². The van der Waals surface area contributed by atoms with Gasteiger partial charge in [0.15, 0.2) is 11.5 Å². The molecular formula is C20H16N4O12S2. The van der Waals surface area contributed by atoms with Gasteiger partial charge in [-0.3, -0.25) is 18.7 Å². The molecule has 2 N–H and O–H groups in total. The standard InChI is InChI=1S/C20H16N4O12S2/c21-7-13(8-22)15-6-18(34-2-4-36-20(26)12-38(30,31)32)16(14(9-23)10-24)5-17(15)33-1-3-35-19(25)11-37(27,28)29/h5-6H,1-4,11-12H2,(H,27,28,29)(H,30,31,32). The summed E-state index contributed by atoms with van der Waals surface area (Å²) in [5.41, 5.74) is -1.01. The van der Waals surface area contributed by atoms with Crippen LogP contribution in [0.2, 0.25) is 0 Å². The molecule has 18 heteroatoms. The van der Waals surface area contributed by atoms with E-state index < -0.39 is 81.3 Å². The average Bonchev–Trinajstić information content (AvgIpc) is 2.80. The minimum absolute atomic E-state index is 0.184. The van der Waals surface area contributed by atoms with E-state index in [-0.39, 0.29) is 21.9 Å². The number of nitriles is 4. The van der Waals surface area contributed by atoms with Crippen LogP contribution >= 0.6 is 0 Å². The zero-order valence-electron chi connectivity index (χ0n) is 19.0. The Hall–Kier alpha value is -4.72. The Kier molecular flexibility index (Phi) is 11.6. The van der Waals surface area contributed by atoms with E-state index >= 15 is 0 Å². The number of benzene rings is 1. The highest BCUT2D eigenvalue weighted by Crippen LogP contribution is 2.11. The molecule has 1 aromatic rings. The topological polar surface area (TPSA) is 275 Å². The van der Waals surface area contributed by atoms with E-state index in [4.69, 9.17) is 18.6 Å². The van der Waals surface area contributed by atoms with Crippen molar-refractivity contribution < 1.29 is 54.5 Å². The highest BCUT2D eigenvalue weighted by molar-refractivity contribution is 7.86. The van der Waals surface area contributed by atoms with Gasteiger partial charge in [0.1, 0.15) is 73.3 Å². The number of hydrogen-bond acceptors (Lipinski definition) is 14. The lowest BCUT2D eigenvalue weighted by molar-refractivity contribution is -0.142. The lowest BCUT2D eigenvalue weighted by Crippen LogP contribution is -2.24. The maximum atomic E-state index is 11.4. The molecule has 0 aliphatic rings. The molecule has 16 nitrogen and oxygen atoms in total. The van der Waals surface area contributed by atoms with Crippen LogP contribution in [0.1, 0.15) is 0 Å². The lowest BCUT2D eigenvalue weighted by atomic mass is 10.1.